The summed E-state index contributed by atoms with van der Waals surface area (Å²) in [5.41, 5.74) is 7.03. The summed E-state index contributed by atoms with van der Waals surface area (Å²) in [6.45, 7) is 6.27. The van der Waals surface area contributed by atoms with Crippen LogP contribution in [0, 0.1) is 13.8 Å². The van der Waals surface area contributed by atoms with Gasteiger partial charge in [-0.15, -0.1) is 0 Å². The molecule has 0 fully saturated rings. The molecule has 0 saturated heterocycles. The summed E-state index contributed by atoms with van der Waals surface area (Å²) in [6, 6.07) is 24.9. The maximum absolute atomic E-state index is 13.1. The zero-order valence-corrected chi connectivity index (χ0v) is 17.8. The highest BCUT2D eigenvalue weighted by Crippen LogP contribution is 2.35. The summed E-state index contributed by atoms with van der Waals surface area (Å²) in [5, 5.41) is 4.36. The molecule has 0 spiro atoms. The molecular formula is C27H28N2O. The van der Waals surface area contributed by atoms with Crippen LogP contribution >= 0.6 is 0 Å². The van der Waals surface area contributed by atoms with Gasteiger partial charge in [-0.2, -0.15) is 0 Å². The van der Waals surface area contributed by atoms with Crippen LogP contribution in [0.3, 0.4) is 0 Å². The summed E-state index contributed by atoms with van der Waals surface area (Å²) < 4.78 is 0. The average Bonchev–Trinajstić information content (AvgIpc) is 3.17. The van der Waals surface area contributed by atoms with Crippen molar-refractivity contribution < 1.29 is 4.79 Å². The summed E-state index contributed by atoms with van der Waals surface area (Å²) in [7, 11) is 0. The second-order valence-electron chi connectivity index (χ2n) is 8.11. The number of carbonyl (C=O) groups excluding carboxylic acids is 1. The lowest BCUT2D eigenvalue weighted by molar-refractivity contribution is -0.121. The number of nitrogens with one attached hydrogen (secondary N) is 2. The van der Waals surface area contributed by atoms with Crippen molar-refractivity contribution in [3.05, 3.63) is 107 Å². The molecule has 4 aromatic rings. The van der Waals surface area contributed by atoms with E-state index < -0.39 is 0 Å². The Labute approximate surface area is 178 Å². The summed E-state index contributed by atoms with van der Waals surface area (Å²) in [6.07, 6.45) is 2.46. The molecule has 0 aliphatic carbocycles. The minimum atomic E-state index is -0.0265. The van der Waals surface area contributed by atoms with Gasteiger partial charge >= 0.3 is 0 Å². The minimum absolute atomic E-state index is 0.00952. The van der Waals surface area contributed by atoms with Gasteiger partial charge in [-0.1, -0.05) is 72.3 Å². The highest BCUT2D eigenvalue weighted by molar-refractivity contribution is 5.86. The first-order valence-corrected chi connectivity index (χ1v) is 10.5. The van der Waals surface area contributed by atoms with Gasteiger partial charge in [0.1, 0.15) is 0 Å². The van der Waals surface area contributed by atoms with E-state index in [9.17, 15) is 4.79 Å². The maximum atomic E-state index is 13.1. The molecule has 152 valence electrons. The van der Waals surface area contributed by atoms with Crippen LogP contribution in [0.2, 0.25) is 0 Å². The van der Waals surface area contributed by atoms with E-state index in [1.54, 1.807) is 0 Å². The molecule has 0 aliphatic rings. The number of carbonyl (C=O) groups is 1. The zero-order chi connectivity index (χ0) is 21.1. The molecule has 2 N–H and O–H groups in total. The molecule has 1 heterocycles. The normalized spacial score (nSPS) is 13.2. The lowest BCUT2D eigenvalue weighted by Crippen LogP contribution is -2.28. The van der Waals surface area contributed by atoms with E-state index in [-0.39, 0.29) is 17.9 Å². The van der Waals surface area contributed by atoms with Crippen molar-refractivity contribution in [2.45, 2.75) is 39.2 Å². The Morgan fingerprint density at radius 3 is 2.43 bits per heavy atom. The standard InChI is InChI=1S/C27H28N2O/c1-18-13-14-22(19(2)15-18)24(25-17-28-26-12-8-7-11-23(25)26)16-27(30)29-20(3)21-9-5-4-6-10-21/h4-15,17,20,24,28H,16H2,1-3H3,(H,29,30)/t20-,24+/m1/s1. The fraction of sp³-hybridized carbons (Fsp3) is 0.222. The molecule has 3 aromatic carbocycles. The van der Waals surface area contributed by atoms with Crippen LogP contribution < -0.4 is 5.32 Å². The number of aromatic amines is 1. The van der Waals surface area contributed by atoms with Gasteiger partial charge in [0.15, 0.2) is 0 Å². The number of rotatable bonds is 6. The summed E-state index contributed by atoms with van der Waals surface area (Å²) >= 11 is 0. The molecule has 3 nitrogen and oxygen atoms in total. The van der Waals surface area contributed by atoms with E-state index >= 15 is 0 Å². The molecule has 2 atom stereocenters. The average molecular weight is 397 g/mol. The molecule has 0 bridgehead atoms. The number of fused-ring (bicyclic) bond motifs is 1. The molecule has 0 radical (unpaired) electrons. The van der Waals surface area contributed by atoms with E-state index in [0.29, 0.717) is 6.42 Å². The van der Waals surface area contributed by atoms with E-state index in [1.165, 1.54) is 27.6 Å². The monoisotopic (exact) mass is 396 g/mol. The molecule has 0 saturated carbocycles. The molecule has 0 unspecified atom stereocenters. The maximum Gasteiger partial charge on any atom is 0.221 e. The fourth-order valence-corrected chi connectivity index (χ4v) is 4.30. The zero-order valence-electron chi connectivity index (χ0n) is 17.8. The van der Waals surface area contributed by atoms with Crippen LogP contribution in [0.1, 0.15) is 53.1 Å². The Morgan fingerprint density at radius 2 is 1.67 bits per heavy atom. The lowest BCUT2D eigenvalue weighted by Gasteiger charge is -2.21. The van der Waals surface area contributed by atoms with Gasteiger partial charge in [-0.3, -0.25) is 4.79 Å². The van der Waals surface area contributed by atoms with Crippen LogP contribution in [0.4, 0.5) is 0 Å². The van der Waals surface area contributed by atoms with Crippen molar-refractivity contribution >= 4 is 16.8 Å². The molecule has 4 rings (SSSR count). The second-order valence-corrected chi connectivity index (χ2v) is 8.11. The number of benzene rings is 3. The number of H-pyrrole nitrogens is 1. The predicted octanol–water partition coefficient (Wildman–Crippen LogP) is 6.18. The van der Waals surface area contributed by atoms with Crippen molar-refractivity contribution in [2.24, 2.45) is 0 Å². The number of para-hydroxylation sites is 1. The Morgan fingerprint density at radius 1 is 0.933 bits per heavy atom. The number of hydrogen-bond acceptors (Lipinski definition) is 1. The third kappa shape index (κ3) is 4.16. The van der Waals surface area contributed by atoms with Crippen LogP contribution in [-0.2, 0) is 4.79 Å². The van der Waals surface area contributed by atoms with Crippen molar-refractivity contribution in [3.8, 4) is 0 Å². The molecule has 0 aliphatic heterocycles. The van der Waals surface area contributed by atoms with E-state index in [0.717, 1.165) is 11.1 Å². The number of amides is 1. The van der Waals surface area contributed by atoms with Crippen LogP contribution in [0.5, 0.6) is 0 Å². The fourth-order valence-electron chi connectivity index (χ4n) is 4.30. The minimum Gasteiger partial charge on any atom is -0.361 e. The molecule has 1 aromatic heterocycles. The highest BCUT2D eigenvalue weighted by Gasteiger charge is 2.23. The molecular weight excluding hydrogens is 368 g/mol. The summed E-state index contributed by atoms with van der Waals surface area (Å²) in [4.78, 5) is 16.5. The van der Waals surface area contributed by atoms with Crippen LogP contribution in [-0.4, -0.2) is 10.9 Å². The second kappa shape index (κ2) is 8.58. The number of hydrogen-bond donors (Lipinski definition) is 2. The van der Waals surface area contributed by atoms with Crippen molar-refractivity contribution in [3.63, 3.8) is 0 Å². The van der Waals surface area contributed by atoms with E-state index in [2.05, 4.69) is 66.7 Å². The molecule has 3 heteroatoms. The first-order valence-electron chi connectivity index (χ1n) is 10.5. The topological polar surface area (TPSA) is 44.9 Å². The Bertz CT molecular complexity index is 1160. The van der Waals surface area contributed by atoms with Gasteiger partial charge in [0.25, 0.3) is 0 Å². The Hall–Kier alpha value is -3.33. The Kier molecular flexibility index (Phi) is 5.71. The van der Waals surface area contributed by atoms with Gasteiger partial charge in [0.05, 0.1) is 6.04 Å². The third-order valence-corrected chi connectivity index (χ3v) is 5.86. The lowest BCUT2D eigenvalue weighted by atomic mass is 9.85. The largest absolute Gasteiger partial charge is 0.361 e. The van der Waals surface area contributed by atoms with Crippen LogP contribution in [0.15, 0.2) is 79.0 Å². The quantitative estimate of drug-likeness (QED) is 0.401. The van der Waals surface area contributed by atoms with Gasteiger partial charge in [-0.05, 0) is 49.1 Å². The summed E-state index contributed by atoms with van der Waals surface area (Å²) in [5.74, 6) is 0.0475. The molecule has 30 heavy (non-hydrogen) atoms. The molecule has 1 amide bonds. The SMILES string of the molecule is Cc1ccc([C@H](CC(=O)N[C@H](C)c2ccccc2)c2c[nH]c3ccccc23)c(C)c1. The van der Waals surface area contributed by atoms with Gasteiger partial charge < -0.3 is 10.3 Å². The van der Waals surface area contributed by atoms with Crippen molar-refractivity contribution in [1.82, 2.24) is 10.3 Å². The number of aromatic nitrogens is 1. The first kappa shape index (κ1) is 20.0. The Balaban J connectivity index is 1.66. The van der Waals surface area contributed by atoms with Crippen LogP contribution in [0.25, 0.3) is 10.9 Å². The van der Waals surface area contributed by atoms with Gasteiger partial charge in [0.2, 0.25) is 5.91 Å². The van der Waals surface area contributed by atoms with Gasteiger partial charge in [0, 0.05) is 29.4 Å². The van der Waals surface area contributed by atoms with E-state index in [4.69, 9.17) is 0 Å². The smallest absolute Gasteiger partial charge is 0.221 e. The first-order chi connectivity index (χ1) is 14.5. The van der Waals surface area contributed by atoms with Crippen molar-refractivity contribution in [2.75, 3.05) is 0 Å². The van der Waals surface area contributed by atoms with Crippen molar-refractivity contribution in [1.29, 1.82) is 0 Å². The van der Waals surface area contributed by atoms with Gasteiger partial charge in [-0.25, -0.2) is 0 Å². The third-order valence-electron chi connectivity index (χ3n) is 5.86. The predicted molar refractivity (Wildman–Crippen MR) is 124 cm³/mol. The van der Waals surface area contributed by atoms with E-state index in [1.807, 2.05) is 43.3 Å². The highest BCUT2D eigenvalue weighted by atomic mass is 16.1. The number of aryl methyl sites for hydroxylation is 2.